The third-order valence-corrected chi connectivity index (χ3v) is 6.59. The topological polar surface area (TPSA) is 79.5 Å². The van der Waals surface area contributed by atoms with Gasteiger partial charge in [0, 0.05) is 5.41 Å². The van der Waals surface area contributed by atoms with Crippen LogP contribution in [0.4, 0.5) is 26.3 Å². The van der Waals surface area contributed by atoms with Crippen molar-refractivity contribution < 1.29 is 45.7 Å². The van der Waals surface area contributed by atoms with Crippen LogP contribution in [0.15, 0.2) is 66.5 Å². The van der Waals surface area contributed by atoms with Crippen molar-refractivity contribution >= 4 is 5.97 Å². The van der Waals surface area contributed by atoms with Crippen LogP contribution >= 0.6 is 0 Å². The fourth-order valence-corrected chi connectivity index (χ4v) is 4.61. The predicted octanol–water partition coefficient (Wildman–Crippen LogP) is 6.67. The molecule has 5 nitrogen and oxygen atoms in total. The van der Waals surface area contributed by atoms with Gasteiger partial charge < -0.3 is 14.6 Å². The number of benzene rings is 2. The third kappa shape index (κ3) is 4.65. The smallest absolute Gasteiger partial charge is 0.412 e. The minimum Gasteiger partial charge on any atom is -0.481 e. The van der Waals surface area contributed by atoms with Gasteiger partial charge in [0.2, 0.25) is 0 Å². The highest BCUT2D eigenvalue weighted by molar-refractivity contribution is 5.85. The van der Waals surface area contributed by atoms with Crippen molar-refractivity contribution in [2.75, 3.05) is 6.61 Å². The van der Waals surface area contributed by atoms with Gasteiger partial charge in [-0.2, -0.15) is 27.2 Å². The lowest BCUT2D eigenvalue weighted by molar-refractivity contribution is -0.276. The average molecular weight is 513 g/mol. The normalized spacial score (nSPS) is 23.6. The predicted molar refractivity (Wildman–Crippen MR) is 115 cm³/mol. The fraction of sp³-hybridized carbons (Fsp3) is 0.360. The number of hydrogen-bond acceptors (Lipinski definition) is 4. The van der Waals surface area contributed by atoms with Gasteiger partial charge in [0.1, 0.15) is 28.9 Å². The molecule has 2 aromatic rings. The zero-order valence-electron chi connectivity index (χ0n) is 19.1. The molecule has 0 bridgehead atoms. The largest absolute Gasteiger partial charge is 0.481 e. The van der Waals surface area contributed by atoms with Crippen molar-refractivity contribution in [3.63, 3.8) is 0 Å². The molecule has 0 aliphatic heterocycles. The van der Waals surface area contributed by atoms with Crippen LogP contribution in [0.3, 0.4) is 0 Å². The summed E-state index contributed by atoms with van der Waals surface area (Å²) in [4.78, 5) is 12.4. The van der Waals surface area contributed by atoms with Gasteiger partial charge in [-0.15, -0.1) is 0 Å². The molecule has 0 radical (unpaired) electrons. The number of rotatable bonds is 9. The molecule has 0 heterocycles. The summed E-state index contributed by atoms with van der Waals surface area (Å²) in [5.74, 6) is -3.22. The SMILES string of the molecule is CC1(C)C(C#N)(C=C(F)C(F)(F)OCC(F)(F)F)C1(Cc1cccc(Oc2ccccc2)c1)C(=O)O. The number of halogens is 6. The number of allylic oxidation sites excluding steroid dienone is 1. The minimum absolute atomic E-state index is 0.0712. The molecule has 2 atom stereocenters. The molecule has 1 saturated carbocycles. The van der Waals surface area contributed by atoms with Crippen LogP contribution in [0.1, 0.15) is 19.4 Å². The molecule has 192 valence electrons. The summed E-state index contributed by atoms with van der Waals surface area (Å²) in [5.41, 5.74) is -5.65. The molecule has 1 aliphatic rings. The molecule has 11 heteroatoms. The van der Waals surface area contributed by atoms with E-state index in [0.717, 1.165) is 0 Å². The second-order valence-corrected chi connectivity index (χ2v) is 8.91. The maximum atomic E-state index is 14.5. The van der Waals surface area contributed by atoms with E-state index in [2.05, 4.69) is 4.74 Å². The Kier molecular flexibility index (Phi) is 6.89. The van der Waals surface area contributed by atoms with Gasteiger partial charge in [0.25, 0.3) is 0 Å². The fourth-order valence-electron chi connectivity index (χ4n) is 4.61. The number of hydrogen-bond donors (Lipinski definition) is 1. The summed E-state index contributed by atoms with van der Waals surface area (Å²) in [7, 11) is 0. The maximum absolute atomic E-state index is 14.5. The lowest BCUT2D eigenvalue weighted by Gasteiger charge is -2.19. The summed E-state index contributed by atoms with van der Waals surface area (Å²) >= 11 is 0. The van der Waals surface area contributed by atoms with Gasteiger partial charge in [-0.05, 0) is 42.3 Å². The lowest BCUT2D eigenvalue weighted by atomic mass is 9.86. The van der Waals surface area contributed by atoms with Crippen molar-refractivity contribution in [2.24, 2.45) is 16.2 Å². The molecule has 1 N–H and O–H groups in total. The Bertz CT molecular complexity index is 1210. The number of carbonyl (C=O) groups is 1. The quantitative estimate of drug-likeness (QED) is 0.379. The van der Waals surface area contributed by atoms with Crippen molar-refractivity contribution in [3.05, 3.63) is 72.1 Å². The Morgan fingerprint density at radius 3 is 2.22 bits per heavy atom. The van der Waals surface area contributed by atoms with E-state index in [0.29, 0.717) is 17.1 Å². The molecule has 2 unspecified atom stereocenters. The standard InChI is InChI=1S/C25H21F6NO4/c1-21(2)22(14-32,13-19(26)25(30,31)35-15-24(27,28)29)23(21,20(33)34)12-16-7-6-10-18(11-16)36-17-8-4-3-5-9-17/h3-11,13H,12,15H2,1-2H3,(H,33,34). The first-order valence-electron chi connectivity index (χ1n) is 10.6. The molecule has 0 aromatic heterocycles. The van der Waals surface area contributed by atoms with Crippen molar-refractivity contribution in [2.45, 2.75) is 32.6 Å². The Hall–Kier alpha value is -3.52. The van der Waals surface area contributed by atoms with Gasteiger partial charge in [-0.1, -0.05) is 44.2 Å². The van der Waals surface area contributed by atoms with E-state index in [9.17, 15) is 41.5 Å². The summed E-state index contributed by atoms with van der Waals surface area (Å²) in [5, 5.41) is 20.0. The number of carboxylic acid groups (broad SMARTS) is 1. The van der Waals surface area contributed by atoms with Crippen molar-refractivity contribution in [1.82, 2.24) is 0 Å². The summed E-state index contributed by atoms with van der Waals surface area (Å²) in [6.07, 6.45) is -10.5. The number of para-hydroxylation sites is 1. The van der Waals surface area contributed by atoms with Gasteiger partial charge in [-0.3, -0.25) is 4.79 Å². The first-order chi connectivity index (χ1) is 16.6. The maximum Gasteiger partial charge on any atom is 0.412 e. The first kappa shape index (κ1) is 27.1. The molecule has 0 amide bonds. The molecule has 36 heavy (non-hydrogen) atoms. The molecule has 1 aliphatic carbocycles. The highest BCUT2D eigenvalue weighted by Crippen LogP contribution is 2.80. The van der Waals surface area contributed by atoms with Crippen LogP contribution in [0, 0.1) is 27.6 Å². The van der Waals surface area contributed by atoms with E-state index in [1.54, 1.807) is 48.5 Å². The Morgan fingerprint density at radius 2 is 1.67 bits per heavy atom. The Morgan fingerprint density at radius 1 is 1.06 bits per heavy atom. The number of aliphatic carboxylic acids is 1. The van der Waals surface area contributed by atoms with Crippen molar-refractivity contribution in [1.29, 1.82) is 5.26 Å². The van der Waals surface area contributed by atoms with Crippen LogP contribution in [-0.2, 0) is 16.0 Å². The van der Waals surface area contributed by atoms with Crippen LogP contribution in [-0.4, -0.2) is 30.0 Å². The number of carboxylic acids is 1. The molecule has 2 aromatic carbocycles. The highest BCUT2D eigenvalue weighted by atomic mass is 19.4. The second kappa shape index (κ2) is 9.17. The lowest BCUT2D eigenvalue weighted by Crippen LogP contribution is -2.30. The number of nitrogens with zero attached hydrogens (tertiary/aromatic N) is 1. The van der Waals surface area contributed by atoms with Crippen molar-refractivity contribution in [3.8, 4) is 17.6 Å². The Labute approximate surface area is 202 Å². The summed E-state index contributed by atoms with van der Waals surface area (Å²) in [6.45, 7) is 0.128. The number of ether oxygens (including phenoxy) is 2. The van der Waals surface area contributed by atoms with Gasteiger partial charge in [0.15, 0.2) is 5.83 Å². The van der Waals surface area contributed by atoms with Crippen LogP contribution in [0.5, 0.6) is 11.5 Å². The summed E-state index contributed by atoms with van der Waals surface area (Å²) in [6, 6.07) is 16.4. The highest BCUT2D eigenvalue weighted by Gasteiger charge is 2.86. The molecule has 3 rings (SSSR count). The van der Waals surface area contributed by atoms with E-state index in [4.69, 9.17) is 4.74 Å². The van der Waals surface area contributed by atoms with Crippen LogP contribution < -0.4 is 4.74 Å². The third-order valence-electron chi connectivity index (χ3n) is 6.59. The van der Waals surface area contributed by atoms with E-state index in [1.165, 1.54) is 26.0 Å². The molecule has 1 fully saturated rings. The minimum atomic E-state index is -5.16. The van der Waals surface area contributed by atoms with E-state index < -0.39 is 46.9 Å². The van der Waals surface area contributed by atoms with Crippen LogP contribution in [0.2, 0.25) is 0 Å². The number of nitriles is 1. The zero-order chi connectivity index (χ0) is 27.0. The molecule has 0 saturated heterocycles. The first-order valence-corrected chi connectivity index (χ1v) is 10.6. The van der Waals surface area contributed by atoms with E-state index in [-0.39, 0.29) is 12.5 Å². The van der Waals surface area contributed by atoms with E-state index in [1.807, 2.05) is 0 Å². The van der Waals surface area contributed by atoms with Crippen LogP contribution in [0.25, 0.3) is 0 Å². The molecule has 0 spiro atoms. The van der Waals surface area contributed by atoms with Gasteiger partial charge in [-0.25, -0.2) is 4.39 Å². The number of alkyl halides is 5. The van der Waals surface area contributed by atoms with E-state index >= 15 is 0 Å². The molecular weight excluding hydrogens is 492 g/mol. The zero-order valence-corrected chi connectivity index (χ0v) is 19.1. The second-order valence-electron chi connectivity index (χ2n) is 8.91. The van der Waals surface area contributed by atoms with Gasteiger partial charge >= 0.3 is 18.3 Å². The summed E-state index contributed by atoms with van der Waals surface area (Å²) < 4.78 is 88.5. The Balaban J connectivity index is 1.97. The average Bonchev–Trinajstić information content (AvgIpc) is 3.21. The van der Waals surface area contributed by atoms with Gasteiger partial charge in [0.05, 0.1) is 6.07 Å². The molecular formula is C25H21F6NO4. The monoisotopic (exact) mass is 513 g/mol.